The maximum atomic E-state index is 13.3. The van der Waals surface area contributed by atoms with Gasteiger partial charge >= 0.3 is 0 Å². The first-order valence-electron chi connectivity index (χ1n) is 12.0. The highest BCUT2D eigenvalue weighted by atomic mass is 32.1. The zero-order chi connectivity index (χ0) is 26.7. The molecule has 0 aliphatic carbocycles. The topological polar surface area (TPSA) is 116 Å². The number of hydrogen-bond donors (Lipinski definition) is 1. The Morgan fingerprint density at radius 2 is 1.78 bits per heavy atom. The van der Waals surface area contributed by atoms with Crippen LogP contribution in [0.25, 0.3) is 0 Å². The van der Waals surface area contributed by atoms with Crippen LogP contribution in [0.2, 0.25) is 0 Å². The molecule has 4 rings (SSSR count). The molecule has 1 saturated heterocycles. The molecule has 1 N–H and O–H groups in total. The minimum atomic E-state index is -0.329. The summed E-state index contributed by atoms with van der Waals surface area (Å²) in [5.74, 6) is 2.00. The number of carbonyl (C=O) groups excluding carboxylic acids is 2. The Morgan fingerprint density at radius 3 is 2.38 bits per heavy atom. The van der Waals surface area contributed by atoms with Crippen molar-refractivity contribution >= 4 is 29.0 Å². The van der Waals surface area contributed by atoms with Gasteiger partial charge in [-0.2, -0.15) is 0 Å². The van der Waals surface area contributed by atoms with E-state index in [4.69, 9.17) is 18.7 Å². The fraction of sp³-hybridized carbons (Fsp3) is 0.462. The third-order valence-corrected chi connectivity index (χ3v) is 7.32. The van der Waals surface area contributed by atoms with Crippen molar-refractivity contribution < 1.29 is 28.3 Å². The van der Waals surface area contributed by atoms with E-state index in [2.05, 4.69) is 15.5 Å². The van der Waals surface area contributed by atoms with Crippen LogP contribution in [0.3, 0.4) is 0 Å². The number of likely N-dealkylation sites (tertiary alicyclic amines) is 1. The van der Waals surface area contributed by atoms with Crippen LogP contribution < -0.4 is 19.5 Å². The van der Waals surface area contributed by atoms with Gasteiger partial charge in [0.25, 0.3) is 11.8 Å². The Kier molecular flexibility index (Phi) is 7.72. The van der Waals surface area contributed by atoms with Crippen molar-refractivity contribution in [3.63, 3.8) is 0 Å². The van der Waals surface area contributed by atoms with Crippen LogP contribution >= 0.6 is 11.3 Å². The molecule has 0 bridgehead atoms. The molecule has 1 aliphatic rings. The number of rotatable bonds is 7. The maximum absolute atomic E-state index is 13.3. The highest BCUT2D eigenvalue weighted by Gasteiger charge is 2.30. The van der Waals surface area contributed by atoms with E-state index in [1.807, 2.05) is 20.8 Å². The van der Waals surface area contributed by atoms with Gasteiger partial charge in [0.05, 0.1) is 31.9 Å². The van der Waals surface area contributed by atoms with Crippen LogP contribution in [0, 0.1) is 0 Å². The average Bonchev–Trinajstić information content (AvgIpc) is 3.57. The average molecular weight is 529 g/mol. The largest absolute Gasteiger partial charge is 0.493 e. The maximum Gasteiger partial charge on any atom is 0.276 e. The number of thiazole rings is 1. The molecule has 2 aromatic heterocycles. The molecule has 0 radical (unpaired) electrons. The summed E-state index contributed by atoms with van der Waals surface area (Å²) in [5.41, 5.74) is 0.563. The van der Waals surface area contributed by atoms with Crippen LogP contribution in [0.1, 0.15) is 71.1 Å². The molecule has 0 saturated carbocycles. The normalized spacial score (nSPS) is 14.4. The Hall–Kier alpha value is -3.60. The quantitative estimate of drug-likeness (QED) is 0.468. The van der Waals surface area contributed by atoms with Gasteiger partial charge in [0.1, 0.15) is 11.5 Å². The van der Waals surface area contributed by atoms with Gasteiger partial charge in [0.2, 0.25) is 5.75 Å². The minimum absolute atomic E-state index is 0.127. The van der Waals surface area contributed by atoms with Gasteiger partial charge in [0.15, 0.2) is 17.3 Å². The second-order valence-electron chi connectivity index (χ2n) is 9.80. The van der Waals surface area contributed by atoms with E-state index >= 15 is 0 Å². The Labute approximate surface area is 219 Å². The number of benzene rings is 1. The molecule has 0 atom stereocenters. The Balaban J connectivity index is 1.38. The van der Waals surface area contributed by atoms with Crippen molar-refractivity contribution in [1.82, 2.24) is 15.0 Å². The monoisotopic (exact) mass is 528 g/mol. The van der Waals surface area contributed by atoms with E-state index in [9.17, 15) is 9.59 Å². The molecule has 0 unspecified atom stereocenters. The summed E-state index contributed by atoms with van der Waals surface area (Å²) >= 11 is 1.46. The van der Waals surface area contributed by atoms with Gasteiger partial charge in [-0.25, -0.2) is 4.98 Å². The molecule has 2 amide bonds. The molecule has 3 heterocycles. The van der Waals surface area contributed by atoms with E-state index in [-0.39, 0.29) is 23.1 Å². The summed E-state index contributed by atoms with van der Waals surface area (Å²) < 4.78 is 21.6. The number of methoxy groups -OCH3 is 3. The molecule has 1 aromatic carbocycles. The van der Waals surface area contributed by atoms with Gasteiger partial charge in [0, 0.05) is 35.9 Å². The molecule has 0 spiro atoms. The molecule has 37 heavy (non-hydrogen) atoms. The third kappa shape index (κ3) is 5.56. The number of amides is 2. The SMILES string of the molecule is COc1ccc(C(=O)N2CCC(c3nc(C(=O)Nc4cc(C(C)(C)C)on4)cs3)CC2)c(OC)c1OC. The second-order valence-corrected chi connectivity index (χ2v) is 10.7. The lowest BCUT2D eigenvalue weighted by atomic mass is 9.93. The molecular weight excluding hydrogens is 496 g/mol. The van der Waals surface area contributed by atoms with E-state index in [0.29, 0.717) is 53.2 Å². The molecule has 1 aliphatic heterocycles. The van der Waals surface area contributed by atoms with Crippen molar-refractivity contribution in [3.05, 3.63) is 45.6 Å². The molecule has 10 nitrogen and oxygen atoms in total. The fourth-order valence-corrected chi connectivity index (χ4v) is 5.19. The van der Waals surface area contributed by atoms with Crippen molar-refractivity contribution in [2.45, 2.75) is 44.9 Å². The summed E-state index contributed by atoms with van der Waals surface area (Å²) in [4.78, 5) is 32.4. The molecule has 11 heteroatoms. The van der Waals surface area contributed by atoms with Crippen LogP contribution in [-0.4, -0.2) is 61.3 Å². The summed E-state index contributed by atoms with van der Waals surface area (Å²) in [7, 11) is 4.55. The van der Waals surface area contributed by atoms with Gasteiger partial charge in [-0.1, -0.05) is 25.9 Å². The van der Waals surface area contributed by atoms with Crippen LogP contribution in [0.4, 0.5) is 5.82 Å². The van der Waals surface area contributed by atoms with E-state index < -0.39 is 0 Å². The molecule has 198 valence electrons. The summed E-state index contributed by atoms with van der Waals surface area (Å²) in [6.07, 6.45) is 1.49. The Bertz CT molecular complexity index is 1270. The first-order valence-corrected chi connectivity index (χ1v) is 12.9. The van der Waals surface area contributed by atoms with E-state index in [1.54, 1.807) is 28.5 Å². The lowest BCUT2D eigenvalue weighted by Gasteiger charge is -2.31. The van der Waals surface area contributed by atoms with Crippen molar-refractivity contribution in [2.75, 3.05) is 39.7 Å². The number of anilines is 1. The third-order valence-electron chi connectivity index (χ3n) is 6.31. The number of hydrogen-bond acceptors (Lipinski definition) is 9. The van der Waals surface area contributed by atoms with E-state index in [0.717, 1.165) is 17.8 Å². The Morgan fingerprint density at radius 1 is 1.08 bits per heavy atom. The lowest BCUT2D eigenvalue weighted by Crippen LogP contribution is -2.38. The van der Waals surface area contributed by atoms with Crippen LogP contribution in [-0.2, 0) is 5.41 Å². The summed E-state index contributed by atoms with van der Waals surface area (Å²) in [6, 6.07) is 5.12. The number of ether oxygens (including phenoxy) is 3. The highest BCUT2D eigenvalue weighted by Crippen LogP contribution is 2.41. The number of nitrogens with zero attached hydrogens (tertiary/aromatic N) is 3. The van der Waals surface area contributed by atoms with Crippen molar-refractivity contribution in [1.29, 1.82) is 0 Å². The van der Waals surface area contributed by atoms with Crippen molar-refractivity contribution in [2.24, 2.45) is 0 Å². The number of carbonyl (C=O) groups is 2. The van der Waals surface area contributed by atoms with E-state index in [1.165, 1.54) is 32.7 Å². The summed E-state index contributed by atoms with van der Waals surface area (Å²) in [5, 5.41) is 9.32. The second kappa shape index (κ2) is 10.8. The smallest absolute Gasteiger partial charge is 0.276 e. The number of aromatic nitrogens is 2. The first-order chi connectivity index (χ1) is 17.7. The summed E-state index contributed by atoms with van der Waals surface area (Å²) in [6.45, 7) is 7.16. The van der Waals surface area contributed by atoms with Crippen LogP contribution in [0.15, 0.2) is 28.1 Å². The molecule has 1 fully saturated rings. The number of piperidine rings is 1. The minimum Gasteiger partial charge on any atom is -0.493 e. The van der Waals surface area contributed by atoms with Crippen LogP contribution in [0.5, 0.6) is 17.2 Å². The first kappa shape index (κ1) is 26.5. The fourth-order valence-electron chi connectivity index (χ4n) is 4.22. The predicted octanol–water partition coefficient (Wildman–Crippen LogP) is 4.73. The zero-order valence-corrected chi connectivity index (χ0v) is 22.7. The molecule has 3 aromatic rings. The highest BCUT2D eigenvalue weighted by molar-refractivity contribution is 7.10. The van der Waals surface area contributed by atoms with Gasteiger partial charge in [-0.15, -0.1) is 11.3 Å². The number of nitrogens with one attached hydrogen (secondary N) is 1. The van der Waals surface area contributed by atoms with Gasteiger partial charge < -0.3 is 29.0 Å². The predicted molar refractivity (Wildman–Crippen MR) is 139 cm³/mol. The van der Waals surface area contributed by atoms with Gasteiger partial charge in [-0.3, -0.25) is 9.59 Å². The van der Waals surface area contributed by atoms with Crippen molar-refractivity contribution in [3.8, 4) is 17.2 Å². The standard InChI is InChI=1S/C26H32N4O6S/c1-26(2,3)19-13-20(29-36-19)28-23(31)17-14-37-24(27-17)15-9-11-30(12-10-15)25(32)16-7-8-18(33-4)22(35-6)21(16)34-5/h7-8,13-15H,9-12H2,1-6H3,(H,28,29,31). The van der Waals surface area contributed by atoms with Gasteiger partial charge in [-0.05, 0) is 25.0 Å². The lowest BCUT2D eigenvalue weighted by molar-refractivity contribution is 0.0708. The molecular formula is C26H32N4O6S. The zero-order valence-electron chi connectivity index (χ0n) is 21.9.